The van der Waals surface area contributed by atoms with Gasteiger partial charge in [-0.3, -0.25) is 4.79 Å². The molecule has 0 heterocycles. The van der Waals surface area contributed by atoms with Crippen molar-refractivity contribution in [1.29, 1.82) is 0 Å². The Balaban J connectivity index is 3.88. The number of rotatable bonds is 8. The minimum atomic E-state index is -0.219. The summed E-state index contributed by atoms with van der Waals surface area (Å²) in [5.41, 5.74) is 0. The summed E-state index contributed by atoms with van der Waals surface area (Å²) in [5.74, 6) is 0.350. The van der Waals surface area contributed by atoms with Crippen LogP contribution in [-0.4, -0.2) is 25.3 Å². The van der Waals surface area contributed by atoms with Crippen LogP contribution >= 0.6 is 0 Å². The summed E-state index contributed by atoms with van der Waals surface area (Å²) < 4.78 is 10.6. The zero-order valence-electron chi connectivity index (χ0n) is 10.4. The standard InChI is InChI=1S/C12H24O3/c1-5-7-14-9-12(15-11(4)13)8-10(3)6-2/h10,12H,5-9H2,1-4H3. The van der Waals surface area contributed by atoms with Crippen LogP contribution in [0.4, 0.5) is 0 Å². The maximum absolute atomic E-state index is 10.9. The van der Waals surface area contributed by atoms with Gasteiger partial charge < -0.3 is 9.47 Å². The molecule has 0 saturated heterocycles. The van der Waals surface area contributed by atoms with E-state index in [0.29, 0.717) is 12.5 Å². The number of carbonyl (C=O) groups is 1. The molecular formula is C12H24O3. The van der Waals surface area contributed by atoms with E-state index in [9.17, 15) is 4.79 Å². The first-order chi connectivity index (χ1) is 7.10. The van der Waals surface area contributed by atoms with Crippen LogP contribution in [0.3, 0.4) is 0 Å². The van der Waals surface area contributed by atoms with Crippen LogP contribution in [0, 0.1) is 5.92 Å². The molecule has 0 aliphatic carbocycles. The Morgan fingerprint density at radius 2 is 2.00 bits per heavy atom. The molecule has 0 aromatic carbocycles. The van der Waals surface area contributed by atoms with Gasteiger partial charge in [-0.05, 0) is 18.8 Å². The highest BCUT2D eigenvalue weighted by Crippen LogP contribution is 2.13. The highest BCUT2D eigenvalue weighted by atomic mass is 16.6. The molecule has 0 aliphatic rings. The Labute approximate surface area is 93.1 Å². The van der Waals surface area contributed by atoms with Crippen molar-refractivity contribution in [2.75, 3.05) is 13.2 Å². The molecule has 90 valence electrons. The quantitative estimate of drug-likeness (QED) is 0.462. The first-order valence-corrected chi connectivity index (χ1v) is 5.85. The minimum Gasteiger partial charge on any atom is -0.460 e. The molecule has 2 atom stereocenters. The van der Waals surface area contributed by atoms with Gasteiger partial charge in [-0.2, -0.15) is 0 Å². The van der Waals surface area contributed by atoms with Crippen LogP contribution in [0.1, 0.15) is 47.0 Å². The van der Waals surface area contributed by atoms with Crippen molar-refractivity contribution in [3.63, 3.8) is 0 Å². The lowest BCUT2D eigenvalue weighted by atomic mass is 10.0. The van der Waals surface area contributed by atoms with Crippen LogP contribution in [0.15, 0.2) is 0 Å². The number of hydrogen-bond donors (Lipinski definition) is 0. The normalized spacial score (nSPS) is 14.7. The Kier molecular flexibility index (Phi) is 8.38. The second kappa shape index (κ2) is 8.72. The predicted molar refractivity (Wildman–Crippen MR) is 60.7 cm³/mol. The number of esters is 1. The summed E-state index contributed by atoms with van der Waals surface area (Å²) in [6.07, 6.45) is 2.91. The lowest BCUT2D eigenvalue weighted by Gasteiger charge is -2.20. The molecule has 0 radical (unpaired) electrons. The van der Waals surface area contributed by atoms with Gasteiger partial charge in [0.05, 0.1) is 6.61 Å². The predicted octanol–water partition coefficient (Wildman–Crippen LogP) is 2.78. The smallest absolute Gasteiger partial charge is 0.302 e. The topological polar surface area (TPSA) is 35.5 Å². The van der Waals surface area contributed by atoms with Gasteiger partial charge >= 0.3 is 5.97 Å². The number of hydrogen-bond acceptors (Lipinski definition) is 3. The van der Waals surface area contributed by atoms with E-state index >= 15 is 0 Å². The zero-order chi connectivity index (χ0) is 11.7. The van der Waals surface area contributed by atoms with E-state index in [-0.39, 0.29) is 12.1 Å². The van der Waals surface area contributed by atoms with Gasteiger partial charge in [0.15, 0.2) is 0 Å². The average Bonchev–Trinajstić information content (AvgIpc) is 2.17. The molecule has 3 heteroatoms. The summed E-state index contributed by atoms with van der Waals surface area (Å²) in [6, 6.07) is 0. The third kappa shape index (κ3) is 8.43. The van der Waals surface area contributed by atoms with E-state index in [1.807, 2.05) is 0 Å². The van der Waals surface area contributed by atoms with E-state index < -0.39 is 0 Å². The van der Waals surface area contributed by atoms with Crippen molar-refractivity contribution >= 4 is 5.97 Å². The Morgan fingerprint density at radius 1 is 1.33 bits per heavy atom. The van der Waals surface area contributed by atoms with Crippen LogP contribution in [0.5, 0.6) is 0 Å². The molecule has 0 rings (SSSR count). The minimum absolute atomic E-state index is 0.0796. The van der Waals surface area contributed by atoms with Gasteiger partial charge in [0.1, 0.15) is 6.10 Å². The molecule has 3 nitrogen and oxygen atoms in total. The molecule has 0 bridgehead atoms. The van der Waals surface area contributed by atoms with Crippen LogP contribution in [-0.2, 0) is 14.3 Å². The molecular weight excluding hydrogens is 192 g/mol. The lowest BCUT2D eigenvalue weighted by Crippen LogP contribution is -2.24. The summed E-state index contributed by atoms with van der Waals surface area (Å²) in [4.78, 5) is 10.9. The monoisotopic (exact) mass is 216 g/mol. The molecule has 0 amide bonds. The van der Waals surface area contributed by atoms with Crippen molar-refractivity contribution in [2.45, 2.75) is 53.1 Å². The molecule has 0 saturated carbocycles. The second-order valence-electron chi connectivity index (χ2n) is 4.06. The van der Waals surface area contributed by atoms with Crippen LogP contribution in [0.25, 0.3) is 0 Å². The fourth-order valence-corrected chi connectivity index (χ4v) is 1.36. The van der Waals surface area contributed by atoms with Crippen LogP contribution < -0.4 is 0 Å². The van der Waals surface area contributed by atoms with E-state index in [4.69, 9.17) is 9.47 Å². The Bertz CT molecular complexity index is 168. The van der Waals surface area contributed by atoms with Gasteiger partial charge in [0.2, 0.25) is 0 Å². The third-order valence-electron chi connectivity index (χ3n) is 2.35. The fourth-order valence-electron chi connectivity index (χ4n) is 1.36. The Hall–Kier alpha value is -0.570. The SMILES string of the molecule is CCCOCC(CC(C)CC)OC(C)=O. The highest BCUT2D eigenvalue weighted by molar-refractivity contribution is 5.66. The lowest BCUT2D eigenvalue weighted by molar-refractivity contribution is -0.150. The first-order valence-electron chi connectivity index (χ1n) is 5.85. The van der Waals surface area contributed by atoms with Gasteiger partial charge in [-0.25, -0.2) is 0 Å². The molecule has 15 heavy (non-hydrogen) atoms. The van der Waals surface area contributed by atoms with E-state index in [0.717, 1.165) is 25.9 Å². The largest absolute Gasteiger partial charge is 0.460 e. The maximum Gasteiger partial charge on any atom is 0.302 e. The van der Waals surface area contributed by atoms with E-state index in [1.54, 1.807) is 0 Å². The zero-order valence-corrected chi connectivity index (χ0v) is 10.4. The van der Waals surface area contributed by atoms with Gasteiger partial charge in [-0.15, -0.1) is 0 Å². The van der Waals surface area contributed by atoms with Crippen molar-refractivity contribution < 1.29 is 14.3 Å². The summed E-state index contributed by atoms with van der Waals surface area (Å²) in [5, 5.41) is 0. The van der Waals surface area contributed by atoms with Crippen LogP contribution in [0.2, 0.25) is 0 Å². The van der Waals surface area contributed by atoms with Crippen molar-refractivity contribution in [3.8, 4) is 0 Å². The van der Waals surface area contributed by atoms with Gasteiger partial charge in [0.25, 0.3) is 0 Å². The van der Waals surface area contributed by atoms with E-state index in [2.05, 4.69) is 20.8 Å². The molecule has 2 unspecified atom stereocenters. The Morgan fingerprint density at radius 3 is 2.47 bits per heavy atom. The number of carbonyl (C=O) groups excluding carboxylic acids is 1. The molecule has 0 fully saturated rings. The first kappa shape index (κ1) is 14.4. The summed E-state index contributed by atoms with van der Waals surface area (Å²) >= 11 is 0. The molecule has 0 N–H and O–H groups in total. The molecule has 0 aromatic rings. The number of ether oxygens (including phenoxy) is 2. The van der Waals surface area contributed by atoms with Crippen molar-refractivity contribution in [3.05, 3.63) is 0 Å². The van der Waals surface area contributed by atoms with Gasteiger partial charge in [0, 0.05) is 13.5 Å². The highest BCUT2D eigenvalue weighted by Gasteiger charge is 2.15. The summed E-state index contributed by atoms with van der Waals surface area (Å²) in [6.45, 7) is 9.08. The molecule has 0 aliphatic heterocycles. The molecule has 0 spiro atoms. The van der Waals surface area contributed by atoms with Crippen molar-refractivity contribution in [2.24, 2.45) is 5.92 Å². The third-order valence-corrected chi connectivity index (χ3v) is 2.35. The fraction of sp³-hybridized carbons (Fsp3) is 0.917. The van der Waals surface area contributed by atoms with E-state index in [1.165, 1.54) is 6.92 Å². The maximum atomic E-state index is 10.9. The summed E-state index contributed by atoms with van der Waals surface area (Å²) in [7, 11) is 0. The molecule has 0 aromatic heterocycles. The van der Waals surface area contributed by atoms with Gasteiger partial charge in [-0.1, -0.05) is 27.2 Å². The second-order valence-corrected chi connectivity index (χ2v) is 4.06. The van der Waals surface area contributed by atoms with Crippen molar-refractivity contribution in [1.82, 2.24) is 0 Å². The average molecular weight is 216 g/mol.